The van der Waals surface area contributed by atoms with Gasteiger partial charge in [0.25, 0.3) is 0 Å². The summed E-state index contributed by atoms with van der Waals surface area (Å²) in [6, 6.07) is 7.49. The molecule has 0 aliphatic carbocycles. The lowest BCUT2D eigenvalue weighted by molar-refractivity contribution is -0.120. The van der Waals surface area contributed by atoms with Crippen LogP contribution in [-0.4, -0.2) is 37.0 Å². The van der Waals surface area contributed by atoms with Gasteiger partial charge in [-0.3, -0.25) is 4.79 Å². The average Bonchev–Trinajstić information content (AvgIpc) is 2.40. The molecule has 20 heavy (non-hydrogen) atoms. The highest BCUT2D eigenvalue weighted by Gasteiger charge is 2.10. The van der Waals surface area contributed by atoms with E-state index >= 15 is 0 Å². The van der Waals surface area contributed by atoms with Crippen molar-refractivity contribution in [2.24, 2.45) is 0 Å². The van der Waals surface area contributed by atoms with E-state index in [1.54, 1.807) is 0 Å². The Labute approximate surface area is 127 Å². The van der Waals surface area contributed by atoms with Crippen molar-refractivity contribution in [1.82, 2.24) is 10.2 Å². The molecule has 0 saturated carbocycles. The molecular weight excluding hydrogens is 274 g/mol. The highest BCUT2D eigenvalue weighted by molar-refractivity contribution is 5.85. The first kappa shape index (κ1) is 16.8. The molecule has 4 nitrogen and oxygen atoms in total. The number of halogens is 1. The lowest BCUT2D eigenvalue weighted by Gasteiger charge is -2.26. The molecule has 0 bridgehead atoms. The number of carbonyl (C=O) groups excluding carboxylic acids is 1. The number of likely N-dealkylation sites (tertiary alicyclic amines) is 1. The standard InChI is InChI=1S/C15H23N3O.ClH/c16-14-6-4-5-13(11-14)12-15(19)17-7-10-18-8-2-1-3-9-18;/h4-6,11H,1-3,7-10,12,16H2,(H,17,19);1H. The van der Waals surface area contributed by atoms with Crippen molar-refractivity contribution in [3.05, 3.63) is 29.8 Å². The summed E-state index contributed by atoms with van der Waals surface area (Å²) in [6.07, 6.45) is 4.33. The summed E-state index contributed by atoms with van der Waals surface area (Å²) in [5.41, 5.74) is 7.37. The van der Waals surface area contributed by atoms with Gasteiger partial charge in [0.2, 0.25) is 5.91 Å². The maximum atomic E-state index is 11.8. The second-order valence-corrected chi connectivity index (χ2v) is 5.17. The Morgan fingerprint density at radius 3 is 2.70 bits per heavy atom. The minimum absolute atomic E-state index is 0. The summed E-state index contributed by atoms with van der Waals surface area (Å²) in [6.45, 7) is 4.04. The molecule has 2 rings (SSSR count). The molecule has 0 unspecified atom stereocenters. The Morgan fingerprint density at radius 1 is 1.25 bits per heavy atom. The zero-order valence-electron chi connectivity index (χ0n) is 11.8. The molecule has 0 aromatic heterocycles. The van der Waals surface area contributed by atoms with Crippen LogP contribution in [0, 0.1) is 0 Å². The largest absolute Gasteiger partial charge is 0.399 e. The Kier molecular flexibility index (Phi) is 7.41. The summed E-state index contributed by atoms with van der Waals surface area (Å²) in [5, 5.41) is 2.98. The van der Waals surface area contributed by atoms with Crippen molar-refractivity contribution in [2.75, 3.05) is 31.9 Å². The van der Waals surface area contributed by atoms with Crippen molar-refractivity contribution in [1.29, 1.82) is 0 Å². The third kappa shape index (κ3) is 5.80. The fourth-order valence-corrected chi connectivity index (χ4v) is 2.49. The predicted octanol–water partition coefficient (Wildman–Crippen LogP) is 1.84. The van der Waals surface area contributed by atoms with E-state index < -0.39 is 0 Å². The van der Waals surface area contributed by atoms with Crippen molar-refractivity contribution in [2.45, 2.75) is 25.7 Å². The number of nitrogens with two attached hydrogens (primary N) is 1. The van der Waals surface area contributed by atoms with Gasteiger partial charge in [0.1, 0.15) is 0 Å². The third-order valence-electron chi connectivity index (χ3n) is 3.51. The maximum absolute atomic E-state index is 11.8. The summed E-state index contributed by atoms with van der Waals surface area (Å²) in [4.78, 5) is 14.2. The molecule has 5 heteroatoms. The Balaban J connectivity index is 0.00000200. The predicted molar refractivity (Wildman–Crippen MR) is 85.1 cm³/mol. The molecule has 1 aromatic carbocycles. The van der Waals surface area contributed by atoms with Gasteiger partial charge in [-0.1, -0.05) is 18.6 Å². The monoisotopic (exact) mass is 297 g/mol. The molecule has 112 valence electrons. The van der Waals surface area contributed by atoms with Crippen LogP contribution in [0.3, 0.4) is 0 Å². The number of benzene rings is 1. The third-order valence-corrected chi connectivity index (χ3v) is 3.51. The quantitative estimate of drug-likeness (QED) is 0.815. The number of hydrogen-bond donors (Lipinski definition) is 2. The van der Waals surface area contributed by atoms with Gasteiger partial charge in [0, 0.05) is 18.8 Å². The molecule has 0 spiro atoms. The van der Waals surface area contributed by atoms with E-state index in [2.05, 4.69) is 10.2 Å². The SMILES string of the molecule is Cl.Nc1cccc(CC(=O)NCCN2CCCCC2)c1. The number of carbonyl (C=O) groups is 1. The summed E-state index contributed by atoms with van der Waals surface area (Å²) in [5.74, 6) is 0.0719. The van der Waals surface area contributed by atoms with Crippen LogP contribution in [0.5, 0.6) is 0 Å². The second kappa shape index (κ2) is 8.82. The molecule has 1 aliphatic heterocycles. The number of nitrogens with one attached hydrogen (secondary N) is 1. The normalized spacial score (nSPS) is 15.4. The summed E-state index contributed by atoms with van der Waals surface area (Å²) in [7, 11) is 0. The van der Waals surface area contributed by atoms with Crippen molar-refractivity contribution < 1.29 is 4.79 Å². The van der Waals surface area contributed by atoms with E-state index in [9.17, 15) is 4.79 Å². The van der Waals surface area contributed by atoms with Gasteiger partial charge in [-0.25, -0.2) is 0 Å². The Bertz CT molecular complexity index is 419. The lowest BCUT2D eigenvalue weighted by Crippen LogP contribution is -2.38. The van der Waals surface area contributed by atoms with Crippen LogP contribution in [0.4, 0.5) is 5.69 Å². The Hall–Kier alpha value is -1.26. The van der Waals surface area contributed by atoms with Gasteiger partial charge < -0.3 is 16.0 Å². The van der Waals surface area contributed by atoms with Gasteiger partial charge in [-0.15, -0.1) is 12.4 Å². The maximum Gasteiger partial charge on any atom is 0.224 e. The van der Waals surface area contributed by atoms with E-state index in [-0.39, 0.29) is 18.3 Å². The van der Waals surface area contributed by atoms with E-state index in [4.69, 9.17) is 5.73 Å². The highest BCUT2D eigenvalue weighted by Crippen LogP contribution is 2.08. The number of rotatable bonds is 5. The van der Waals surface area contributed by atoms with Crippen LogP contribution in [0.25, 0.3) is 0 Å². The van der Waals surface area contributed by atoms with Gasteiger partial charge in [-0.05, 0) is 43.6 Å². The topological polar surface area (TPSA) is 58.4 Å². The zero-order valence-corrected chi connectivity index (χ0v) is 12.6. The molecule has 0 radical (unpaired) electrons. The molecule has 1 heterocycles. The van der Waals surface area contributed by atoms with Crippen LogP contribution in [0.1, 0.15) is 24.8 Å². The molecule has 1 aromatic rings. The van der Waals surface area contributed by atoms with E-state index in [0.29, 0.717) is 12.1 Å². The Morgan fingerprint density at radius 2 is 2.00 bits per heavy atom. The van der Waals surface area contributed by atoms with Gasteiger partial charge >= 0.3 is 0 Å². The lowest BCUT2D eigenvalue weighted by atomic mass is 10.1. The van der Waals surface area contributed by atoms with Crippen LogP contribution < -0.4 is 11.1 Å². The molecule has 1 amide bonds. The summed E-state index contributed by atoms with van der Waals surface area (Å²) >= 11 is 0. The van der Waals surface area contributed by atoms with Gasteiger partial charge in [0.15, 0.2) is 0 Å². The van der Waals surface area contributed by atoms with Crippen LogP contribution in [-0.2, 0) is 11.2 Å². The summed E-state index contributed by atoms with van der Waals surface area (Å²) < 4.78 is 0. The molecule has 1 saturated heterocycles. The van der Waals surface area contributed by atoms with Gasteiger partial charge in [-0.2, -0.15) is 0 Å². The van der Waals surface area contributed by atoms with Crippen molar-refractivity contribution >= 4 is 24.0 Å². The zero-order chi connectivity index (χ0) is 13.5. The minimum atomic E-state index is 0. The van der Waals surface area contributed by atoms with E-state index in [1.807, 2.05) is 24.3 Å². The number of anilines is 1. The number of piperidine rings is 1. The molecule has 3 N–H and O–H groups in total. The second-order valence-electron chi connectivity index (χ2n) is 5.17. The minimum Gasteiger partial charge on any atom is -0.399 e. The number of nitrogen functional groups attached to an aromatic ring is 1. The molecular formula is C15H24ClN3O. The first-order chi connectivity index (χ1) is 9.24. The fourth-order valence-electron chi connectivity index (χ4n) is 2.49. The van der Waals surface area contributed by atoms with Crippen molar-refractivity contribution in [3.63, 3.8) is 0 Å². The highest BCUT2D eigenvalue weighted by atomic mass is 35.5. The number of nitrogens with zero attached hydrogens (tertiary/aromatic N) is 1. The number of amides is 1. The van der Waals surface area contributed by atoms with Crippen LogP contribution >= 0.6 is 12.4 Å². The van der Waals surface area contributed by atoms with E-state index in [1.165, 1.54) is 32.4 Å². The van der Waals surface area contributed by atoms with Gasteiger partial charge in [0.05, 0.1) is 6.42 Å². The first-order valence-electron chi connectivity index (χ1n) is 7.07. The average molecular weight is 298 g/mol. The van der Waals surface area contributed by atoms with Crippen LogP contribution in [0.2, 0.25) is 0 Å². The smallest absolute Gasteiger partial charge is 0.224 e. The first-order valence-corrected chi connectivity index (χ1v) is 7.07. The van der Waals surface area contributed by atoms with Crippen LogP contribution in [0.15, 0.2) is 24.3 Å². The molecule has 0 atom stereocenters. The number of hydrogen-bond acceptors (Lipinski definition) is 3. The van der Waals surface area contributed by atoms with E-state index in [0.717, 1.165) is 18.7 Å². The fraction of sp³-hybridized carbons (Fsp3) is 0.533. The van der Waals surface area contributed by atoms with Crippen molar-refractivity contribution in [3.8, 4) is 0 Å². The molecule has 1 fully saturated rings. The molecule has 1 aliphatic rings.